The van der Waals surface area contributed by atoms with E-state index in [9.17, 15) is 0 Å². The Labute approximate surface area is 121 Å². The summed E-state index contributed by atoms with van der Waals surface area (Å²) in [6.07, 6.45) is 3.52. The zero-order chi connectivity index (χ0) is 14.1. The molecule has 1 aromatic rings. The highest BCUT2D eigenvalue weighted by Gasteiger charge is 2.30. The lowest BCUT2D eigenvalue weighted by Crippen LogP contribution is -2.46. The molecule has 0 amide bonds. The molecule has 20 heavy (non-hydrogen) atoms. The van der Waals surface area contributed by atoms with Crippen LogP contribution < -0.4 is 10.6 Å². The molecule has 1 aromatic heterocycles. The van der Waals surface area contributed by atoms with E-state index in [0.29, 0.717) is 12.1 Å². The van der Waals surface area contributed by atoms with E-state index in [1.165, 1.54) is 6.42 Å². The minimum atomic E-state index is 0.413. The zero-order valence-corrected chi connectivity index (χ0v) is 12.5. The summed E-state index contributed by atoms with van der Waals surface area (Å²) in [6, 6.07) is 3.18. The maximum absolute atomic E-state index is 5.99. The van der Waals surface area contributed by atoms with Crippen LogP contribution >= 0.6 is 0 Å². The molecule has 2 N–H and O–H groups in total. The third kappa shape index (κ3) is 2.94. The highest BCUT2D eigenvalue weighted by Crippen LogP contribution is 2.24. The van der Waals surface area contributed by atoms with Crippen molar-refractivity contribution in [2.24, 2.45) is 5.73 Å². The lowest BCUT2D eigenvalue weighted by molar-refractivity contribution is 0.163. The van der Waals surface area contributed by atoms with Gasteiger partial charge in [-0.15, -0.1) is 0 Å². The molecule has 2 fully saturated rings. The Bertz CT molecular complexity index is 447. The van der Waals surface area contributed by atoms with Gasteiger partial charge in [-0.05, 0) is 46.2 Å². The van der Waals surface area contributed by atoms with Crippen molar-refractivity contribution >= 4 is 5.82 Å². The second-order valence-electron chi connectivity index (χ2n) is 6.18. The first-order valence-electron chi connectivity index (χ1n) is 7.68. The summed E-state index contributed by atoms with van der Waals surface area (Å²) in [7, 11) is 0. The van der Waals surface area contributed by atoms with Gasteiger partial charge in [-0.3, -0.25) is 4.90 Å². The highest BCUT2D eigenvalue weighted by molar-refractivity contribution is 5.41. The van der Waals surface area contributed by atoms with Crippen molar-refractivity contribution < 1.29 is 0 Å². The molecule has 0 radical (unpaired) electrons. The third-order valence-electron chi connectivity index (χ3n) is 4.53. The second-order valence-corrected chi connectivity index (χ2v) is 6.18. The minimum Gasteiger partial charge on any atom is -0.355 e. The molecule has 3 rings (SSSR count). The van der Waals surface area contributed by atoms with E-state index in [2.05, 4.69) is 25.8 Å². The summed E-state index contributed by atoms with van der Waals surface area (Å²) in [6.45, 7) is 8.51. The average Bonchev–Trinajstić information content (AvgIpc) is 2.88. The monoisotopic (exact) mass is 275 g/mol. The van der Waals surface area contributed by atoms with Gasteiger partial charge in [-0.2, -0.15) is 0 Å². The number of hydrogen-bond acceptors (Lipinski definition) is 5. The minimum absolute atomic E-state index is 0.413. The largest absolute Gasteiger partial charge is 0.355 e. The van der Waals surface area contributed by atoms with Gasteiger partial charge in [0.15, 0.2) is 0 Å². The molecule has 3 heterocycles. The van der Waals surface area contributed by atoms with Crippen molar-refractivity contribution in [1.82, 2.24) is 14.9 Å². The van der Waals surface area contributed by atoms with Crippen LogP contribution in [0.15, 0.2) is 6.07 Å². The van der Waals surface area contributed by atoms with Crippen LogP contribution in [0.2, 0.25) is 0 Å². The molecular formula is C15H25N5. The predicted octanol–water partition coefficient (Wildman–Crippen LogP) is 1.10. The van der Waals surface area contributed by atoms with E-state index in [0.717, 1.165) is 56.4 Å². The number of nitrogens with zero attached hydrogens (tertiary/aromatic N) is 4. The van der Waals surface area contributed by atoms with Crippen LogP contribution in [-0.4, -0.2) is 53.1 Å². The Kier molecular flexibility index (Phi) is 3.89. The molecule has 1 unspecified atom stereocenters. The predicted molar refractivity (Wildman–Crippen MR) is 80.9 cm³/mol. The Balaban J connectivity index is 1.64. The van der Waals surface area contributed by atoms with Crippen molar-refractivity contribution in [3.8, 4) is 0 Å². The third-order valence-corrected chi connectivity index (χ3v) is 4.53. The maximum atomic E-state index is 5.99. The van der Waals surface area contributed by atoms with E-state index in [4.69, 9.17) is 5.73 Å². The summed E-state index contributed by atoms with van der Waals surface area (Å²) in [5, 5.41) is 0. The average molecular weight is 275 g/mol. The number of anilines is 1. The van der Waals surface area contributed by atoms with Crippen LogP contribution in [0, 0.1) is 13.8 Å². The van der Waals surface area contributed by atoms with Crippen molar-refractivity contribution in [2.75, 3.05) is 31.1 Å². The number of likely N-dealkylation sites (tertiary alicyclic amines) is 1. The summed E-state index contributed by atoms with van der Waals surface area (Å²) in [4.78, 5) is 14.0. The summed E-state index contributed by atoms with van der Waals surface area (Å²) in [5.74, 6) is 1.96. The molecule has 0 saturated carbocycles. The molecule has 0 aromatic carbocycles. The summed E-state index contributed by atoms with van der Waals surface area (Å²) in [5.41, 5.74) is 7.05. The van der Waals surface area contributed by atoms with Crippen LogP contribution in [0.3, 0.4) is 0 Å². The van der Waals surface area contributed by atoms with Crippen molar-refractivity contribution in [2.45, 2.75) is 45.2 Å². The smallest absolute Gasteiger partial charge is 0.132 e. The van der Waals surface area contributed by atoms with Crippen molar-refractivity contribution in [1.29, 1.82) is 0 Å². The fraction of sp³-hybridized carbons (Fsp3) is 0.733. The maximum Gasteiger partial charge on any atom is 0.132 e. The summed E-state index contributed by atoms with van der Waals surface area (Å²) < 4.78 is 0. The molecule has 0 bridgehead atoms. The van der Waals surface area contributed by atoms with Crippen molar-refractivity contribution in [3.63, 3.8) is 0 Å². The number of piperidine rings is 1. The fourth-order valence-electron chi connectivity index (χ4n) is 3.39. The normalized spacial score (nSPS) is 25.4. The van der Waals surface area contributed by atoms with Gasteiger partial charge in [0, 0.05) is 36.9 Å². The van der Waals surface area contributed by atoms with Crippen LogP contribution in [0.1, 0.15) is 30.8 Å². The molecular weight excluding hydrogens is 250 g/mol. The van der Waals surface area contributed by atoms with Gasteiger partial charge in [-0.25, -0.2) is 9.97 Å². The first-order chi connectivity index (χ1) is 9.61. The van der Waals surface area contributed by atoms with E-state index < -0.39 is 0 Å². The molecule has 2 saturated heterocycles. The van der Waals surface area contributed by atoms with Crippen LogP contribution in [-0.2, 0) is 0 Å². The summed E-state index contributed by atoms with van der Waals surface area (Å²) >= 11 is 0. The molecule has 2 aliphatic rings. The van der Waals surface area contributed by atoms with E-state index >= 15 is 0 Å². The Morgan fingerprint density at radius 1 is 1.10 bits per heavy atom. The lowest BCUT2D eigenvalue weighted by atomic mass is 10.0. The first-order valence-corrected chi connectivity index (χ1v) is 7.68. The molecule has 110 valence electrons. The van der Waals surface area contributed by atoms with Gasteiger partial charge in [0.25, 0.3) is 0 Å². The number of rotatable bonds is 2. The number of nitrogens with two attached hydrogens (primary N) is 1. The van der Waals surface area contributed by atoms with Crippen LogP contribution in [0.5, 0.6) is 0 Å². The molecule has 0 spiro atoms. The second kappa shape index (κ2) is 5.66. The number of aromatic nitrogens is 2. The SMILES string of the molecule is Cc1cc(N2CCC(N3CCC(N)CC3)C2)nc(C)n1. The van der Waals surface area contributed by atoms with Gasteiger partial charge in [-0.1, -0.05) is 0 Å². The number of aryl methyl sites for hydroxylation is 2. The van der Waals surface area contributed by atoms with E-state index in [1.807, 2.05) is 13.8 Å². The fourth-order valence-corrected chi connectivity index (χ4v) is 3.39. The lowest BCUT2D eigenvalue weighted by Gasteiger charge is -2.34. The quantitative estimate of drug-likeness (QED) is 0.876. The molecule has 5 nitrogen and oxygen atoms in total. The number of hydrogen-bond donors (Lipinski definition) is 1. The first kappa shape index (κ1) is 13.8. The van der Waals surface area contributed by atoms with Gasteiger partial charge in [0.05, 0.1) is 0 Å². The van der Waals surface area contributed by atoms with Crippen LogP contribution in [0.25, 0.3) is 0 Å². The van der Waals surface area contributed by atoms with Gasteiger partial charge in [0.2, 0.25) is 0 Å². The van der Waals surface area contributed by atoms with Gasteiger partial charge < -0.3 is 10.6 Å². The Hall–Kier alpha value is -1.20. The highest BCUT2D eigenvalue weighted by atomic mass is 15.3. The molecule has 2 aliphatic heterocycles. The van der Waals surface area contributed by atoms with Crippen LogP contribution in [0.4, 0.5) is 5.82 Å². The van der Waals surface area contributed by atoms with E-state index in [1.54, 1.807) is 0 Å². The standard InChI is InChI=1S/C15H25N5/c1-11-9-15(18-12(2)17-11)20-8-5-14(10-20)19-6-3-13(16)4-7-19/h9,13-14H,3-8,10,16H2,1-2H3. The molecule has 0 aliphatic carbocycles. The zero-order valence-electron chi connectivity index (χ0n) is 12.5. The van der Waals surface area contributed by atoms with Gasteiger partial charge >= 0.3 is 0 Å². The van der Waals surface area contributed by atoms with Crippen molar-refractivity contribution in [3.05, 3.63) is 17.6 Å². The molecule has 1 atom stereocenters. The van der Waals surface area contributed by atoms with E-state index in [-0.39, 0.29) is 0 Å². The Morgan fingerprint density at radius 2 is 1.85 bits per heavy atom. The van der Waals surface area contributed by atoms with Gasteiger partial charge in [0.1, 0.15) is 11.6 Å². The Morgan fingerprint density at radius 3 is 2.55 bits per heavy atom. The molecule has 5 heteroatoms. The topological polar surface area (TPSA) is 58.3 Å².